The Morgan fingerprint density at radius 3 is 1.99 bits per heavy atom. The highest BCUT2D eigenvalue weighted by Gasteiger charge is 2.44. The van der Waals surface area contributed by atoms with Crippen molar-refractivity contribution < 1.29 is 41.9 Å². The minimum atomic E-state index is -3.36. The number of benzene rings is 3. The summed E-state index contributed by atoms with van der Waals surface area (Å²) in [7, 11) is -3.36. The minimum Gasteiger partial charge on any atom is -0.352 e. The molecular weight excluding hydrogens is 1100 g/mol. The average molecular weight is 1190 g/mol. The lowest BCUT2D eigenvalue weighted by Crippen LogP contribution is -2.57. The smallest absolute Gasteiger partial charge is 0.246 e. The normalized spacial score (nSPS) is 22.4. The number of hydrogen-bond donors (Lipinski definition) is 6. The Balaban J connectivity index is 0.711. The van der Waals surface area contributed by atoms with Crippen molar-refractivity contribution in [2.75, 3.05) is 44.1 Å². The third-order valence-electron chi connectivity index (χ3n) is 16.1. The van der Waals surface area contributed by atoms with Gasteiger partial charge in [-0.1, -0.05) is 151 Å². The third-order valence-corrected chi connectivity index (χ3v) is 20.0. The van der Waals surface area contributed by atoms with Crippen LogP contribution in [0.5, 0.6) is 0 Å². The second-order valence-corrected chi connectivity index (χ2v) is 28.2. The van der Waals surface area contributed by atoms with Gasteiger partial charge in [-0.2, -0.15) is 0 Å². The van der Waals surface area contributed by atoms with E-state index in [1.165, 1.54) is 4.31 Å². The molecule has 21 heteroatoms. The van der Waals surface area contributed by atoms with Crippen LogP contribution >= 0.6 is 23.5 Å². The lowest BCUT2D eigenvalue weighted by molar-refractivity contribution is -0.555. The van der Waals surface area contributed by atoms with Crippen molar-refractivity contribution >= 4 is 69.0 Å². The van der Waals surface area contributed by atoms with Crippen molar-refractivity contribution in [2.45, 2.75) is 173 Å². The number of carbonyl (C=O) groups is 6. The molecule has 6 amide bonds. The van der Waals surface area contributed by atoms with Gasteiger partial charge >= 0.3 is 0 Å². The molecule has 0 radical (unpaired) electrons. The van der Waals surface area contributed by atoms with Crippen LogP contribution in [0.1, 0.15) is 158 Å². The Kier molecular flexibility index (Phi) is 23.9. The molecule has 448 valence electrons. The average Bonchev–Trinajstić information content (AvgIpc) is 4.31. The lowest BCUT2D eigenvalue weighted by atomic mass is 9.85. The number of thioether (sulfide) groups is 2. The number of unbranched alkanes of at least 4 members (excludes halogenated alkanes) is 9. The maximum Gasteiger partial charge on any atom is 0.246 e. The molecule has 82 heavy (non-hydrogen) atoms. The molecule has 0 aliphatic carbocycles. The number of nitrogens with zero attached hydrogens (tertiary/aromatic N) is 3. The molecule has 0 aromatic heterocycles. The van der Waals surface area contributed by atoms with E-state index in [0.717, 1.165) is 114 Å². The largest absolute Gasteiger partial charge is 0.352 e. The molecule has 4 heterocycles. The number of carbonyl (C=O) groups excluding carboxylic acids is 6. The molecule has 0 bridgehead atoms. The van der Waals surface area contributed by atoms with Gasteiger partial charge in [0, 0.05) is 74.0 Å². The molecule has 6 N–H and O–H groups in total. The highest BCUT2D eigenvalue weighted by molar-refractivity contribution is 8.00. The summed E-state index contributed by atoms with van der Waals surface area (Å²) in [5.74, 6) is -0.288. The van der Waals surface area contributed by atoms with E-state index >= 15 is 0 Å². The summed E-state index contributed by atoms with van der Waals surface area (Å²) >= 11 is 3.21. The Labute approximate surface area is 494 Å². The van der Waals surface area contributed by atoms with Crippen molar-refractivity contribution in [1.82, 2.24) is 41.1 Å². The SMILES string of the molecule is CC1C(c2ccc(CNC(=O)[C@@H]3C[C@@H](C)CN3C(=O)[C@@H](NC(=O)CCCCCCCCCCCCC(=O)NCc3cccc(-c4cccc(C5CSC(NC(=O)CNC(=O)C6CCN(S(C)(=O)=O)C6)N5)c4)c3)C(C)(C)C)cc2)SC[N+]1=O. The number of rotatable bonds is 28. The maximum absolute atomic E-state index is 14.2. The van der Waals surface area contributed by atoms with Gasteiger partial charge in [0.1, 0.15) is 22.8 Å². The van der Waals surface area contributed by atoms with E-state index in [1.54, 1.807) is 28.4 Å². The fourth-order valence-corrected chi connectivity index (χ4v) is 14.6. The number of likely N-dealkylation sites (tertiary alicyclic amines) is 1. The predicted octanol–water partition coefficient (Wildman–Crippen LogP) is 7.82. The summed E-state index contributed by atoms with van der Waals surface area (Å²) < 4.78 is 26.0. The lowest BCUT2D eigenvalue weighted by Gasteiger charge is -2.35. The molecule has 4 saturated heterocycles. The predicted molar refractivity (Wildman–Crippen MR) is 324 cm³/mol. The van der Waals surface area contributed by atoms with Gasteiger partial charge in [-0.3, -0.25) is 34.1 Å². The van der Waals surface area contributed by atoms with Crippen molar-refractivity contribution in [3.63, 3.8) is 0 Å². The van der Waals surface area contributed by atoms with Gasteiger partial charge in [-0.15, -0.1) is 11.8 Å². The standard InChI is InChI=1S/C61H87N9O9S3/c1-41-31-51(58(75)63-34-43-25-27-45(28-26-43)55-42(2)70(77)40-81-55)69(37-41)59(76)56(61(3,4)5)66-53(72)24-16-14-12-10-8-7-9-11-13-15-23-52(71)62-35-44-19-17-20-46(32-44)47-21-18-22-48(33-47)50-39-80-60(65-50)67-54(73)36-64-57(74)49-29-30-68(38-49)82(6,78)79/h17-22,25-28,32-33,41-42,49-51,55-56,60,65H,7-16,23-24,29-31,34-40H2,1-6H3,(H4-,62,63,64,66,67,71,72,73,74,75)/p+1/t41-,42?,49?,50?,51+,55?,56-,60?/m1/s1. The fourth-order valence-electron chi connectivity index (χ4n) is 11.2. The molecule has 0 spiro atoms. The number of amides is 6. The Hall–Kier alpha value is -5.35. The van der Waals surface area contributed by atoms with Crippen LogP contribution in [0.4, 0.5) is 0 Å². The van der Waals surface area contributed by atoms with Gasteiger partial charge in [-0.25, -0.2) is 12.7 Å². The van der Waals surface area contributed by atoms with Crippen LogP contribution in [0.15, 0.2) is 72.8 Å². The van der Waals surface area contributed by atoms with Gasteiger partial charge in [0.25, 0.3) is 0 Å². The topological polar surface area (TPSA) is 235 Å². The number of nitrogens with one attached hydrogen (secondary N) is 6. The number of hydrogen-bond acceptors (Lipinski definition) is 12. The summed E-state index contributed by atoms with van der Waals surface area (Å²) in [6.45, 7) is 11.3. The zero-order valence-electron chi connectivity index (χ0n) is 48.8. The van der Waals surface area contributed by atoms with E-state index in [0.29, 0.717) is 57.7 Å². The summed E-state index contributed by atoms with van der Waals surface area (Å²) in [5.41, 5.74) is 5.34. The van der Waals surface area contributed by atoms with Gasteiger partial charge in [-0.05, 0) is 82.5 Å². The minimum absolute atomic E-state index is 0.000337. The highest BCUT2D eigenvalue weighted by Crippen LogP contribution is 2.39. The zero-order valence-corrected chi connectivity index (χ0v) is 51.3. The Morgan fingerprint density at radius 1 is 0.720 bits per heavy atom. The third kappa shape index (κ3) is 19.1. The molecular formula is C61H88N9O9S3+. The number of sulfonamides is 1. The fraction of sp³-hybridized carbons (Fsp3) is 0.607. The van der Waals surface area contributed by atoms with E-state index in [1.807, 2.05) is 77.1 Å². The molecule has 4 aliphatic rings. The molecule has 4 fully saturated rings. The first-order valence-corrected chi connectivity index (χ1v) is 33.4. The summed E-state index contributed by atoms with van der Waals surface area (Å²) in [6.07, 6.45) is 13.1. The highest BCUT2D eigenvalue weighted by atomic mass is 32.2. The molecule has 3 aromatic carbocycles. The first-order valence-electron chi connectivity index (χ1n) is 29.5. The van der Waals surface area contributed by atoms with Crippen molar-refractivity contribution in [3.05, 3.63) is 100.0 Å². The Bertz CT molecular complexity index is 2810. The quantitative estimate of drug-likeness (QED) is 0.0302. The molecule has 18 nitrogen and oxygen atoms in total. The van der Waals surface area contributed by atoms with Crippen molar-refractivity contribution in [1.29, 1.82) is 0 Å². The van der Waals surface area contributed by atoms with E-state index in [4.69, 9.17) is 0 Å². The van der Waals surface area contributed by atoms with Crippen LogP contribution in [0, 0.1) is 22.2 Å². The molecule has 7 rings (SSSR count). The van der Waals surface area contributed by atoms with E-state index in [9.17, 15) is 42.1 Å². The van der Waals surface area contributed by atoms with Crippen LogP contribution in [0.3, 0.4) is 0 Å². The van der Waals surface area contributed by atoms with Gasteiger partial charge in [0.15, 0.2) is 0 Å². The van der Waals surface area contributed by atoms with Gasteiger partial charge in [0.05, 0.1) is 18.7 Å². The first kappa shape index (κ1) is 64.2. The molecule has 0 saturated carbocycles. The van der Waals surface area contributed by atoms with Crippen molar-refractivity contribution in [3.8, 4) is 11.1 Å². The van der Waals surface area contributed by atoms with E-state index < -0.39 is 33.4 Å². The second-order valence-electron chi connectivity index (χ2n) is 24.0. The van der Waals surface area contributed by atoms with Crippen LogP contribution in [-0.4, -0.2) is 126 Å². The molecule has 8 atom stereocenters. The van der Waals surface area contributed by atoms with Crippen molar-refractivity contribution in [2.24, 2.45) is 17.3 Å². The van der Waals surface area contributed by atoms with Crippen LogP contribution < -0.4 is 31.9 Å². The maximum atomic E-state index is 14.2. The van der Waals surface area contributed by atoms with E-state index in [2.05, 4.69) is 62.2 Å². The summed E-state index contributed by atoms with van der Waals surface area (Å²) in [6, 6.07) is 23.0. The first-order chi connectivity index (χ1) is 39.1. The molecule has 4 aliphatic heterocycles. The van der Waals surface area contributed by atoms with Crippen LogP contribution in [0.2, 0.25) is 0 Å². The second kappa shape index (κ2) is 30.5. The van der Waals surface area contributed by atoms with Gasteiger partial charge in [0.2, 0.25) is 57.4 Å². The van der Waals surface area contributed by atoms with Crippen LogP contribution in [0.25, 0.3) is 11.1 Å². The molecule has 5 unspecified atom stereocenters. The van der Waals surface area contributed by atoms with E-state index in [-0.39, 0.29) is 77.3 Å². The zero-order chi connectivity index (χ0) is 59.0. The van der Waals surface area contributed by atoms with Crippen LogP contribution in [-0.2, 0) is 51.9 Å². The molecule has 3 aromatic rings. The number of nitroso groups, excluding NO2 is 1. The van der Waals surface area contributed by atoms with Gasteiger partial charge < -0.3 is 31.5 Å². The Morgan fingerprint density at radius 2 is 1.35 bits per heavy atom. The summed E-state index contributed by atoms with van der Waals surface area (Å²) in [5, 5.41) is 18.4. The monoisotopic (exact) mass is 1190 g/mol. The summed E-state index contributed by atoms with van der Waals surface area (Å²) in [4.78, 5) is 92.8.